The summed E-state index contributed by atoms with van der Waals surface area (Å²) in [4.78, 5) is 10.7. The van der Waals surface area contributed by atoms with E-state index in [4.69, 9.17) is 0 Å². The summed E-state index contributed by atoms with van der Waals surface area (Å²) in [6.45, 7) is 2.74. The first kappa shape index (κ1) is 10.1. The van der Waals surface area contributed by atoms with E-state index in [-0.39, 0.29) is 16.7 Å². The number of benzene rings is 1. The molecule has 1 fully saturated rings. The fraction of sp³-hybridized carbons (Fsp3) is 0.455. The molecule has 0 aromatic heterocycles. The molecular formula is C11H14N2O2. The van der Waals surface area contributed by atoms with E-state index in [0.717, 1.165) is 30.5 Å². The lowest BCUT2D eigenvalue weighted by Crippen LogP contribution is -2.14. The Bertz CT molecular complexity index is 384. The Kier molecular flexibility index (Phi) is 2.68. The molecule has 4 nitrogen and oxygen atoms in total. The molecular weight excluding hydrogens is 192 g/mol. The zero-order valence-corrected chi connectivity index (χ0v) is 8.69. The largest absolute Gasteiger partial charge is 0.310 e. The van der Waals surface area contributed by atoms with Gasteiger partial charge in [0, 0.05) is 17.2 Å². The number of nitro groups is 1. The predicted octanol–water partition coefficient (Wildman–Crippen LogP) is 2.33. The van der Waals surface area contributed by atoms with E-state index in [9.17, 15) is 10.1 Å². The smallest absolute Gasteiger partial charge is 0.277 e. The van der Waals surface area contributed by atoms with Crippen molar-refractivity contribution in [1.29, 1.82) is 0 Å². The summed E-state index contributed by atoms with van der Waals surface area (Å²) < 4.78 is 0. The zero-order valence-electron chi connectivity index (χ0n) is 8.69. The predicted molar refractivity (Wildman–Crippen MR) is 57.8 cm³/mol. The Morgan fingerprint density at radius 3 is 2.93 bits per heavy atom. The molecule has 0 radical (unpaired) electrons. The van der Waals surface area contributed by atoms with Crippen molar-refractivity contribution in [2.75, 3.05) is 6.54 Å². The van der Waals surface area contributed by atoms with Crippen LogP contribution in [-0.4, -0.2) is 11.5 Å². The fourth-order valence-electron chi connectivity index (χ4n) is 2.16. The van der Waals surface area contributed by atoms with Gasteiger partial charge in [0.2, 0.25) is 0 Å². The highest BCUT2D eigenvalue weighted by Crippen LogP contribution is 2.32. The lowest BCUT2D eigenvalue weighted by Gasteiger charge is -2.11. The second-order valence-corrected chi connectivity index (χ2v) is 3.92. The molecule has 1 aliphatic rings. The maximum absolute atomic E-state index is 11.0. The third kappa shape index (κ3) is 1.85. The van der Waals surface area contributed by atoms with Crippen molar-refractivity contribution in [3.8, 4) is 0 Å². The van der Waals surface area contributed by atoms with Gasteiger partial charge in [0.25, 0.3) is 5.69 Å². The summed E-state index contributed by atoms with van der Waals surface area (Å²) >= 11 is 0. The van der Waals surface area contributed by atoms with Gasteiger partial charge in [0.05, 0.1) is 4.92 Å². The van der Waals surface area contributed by atoms with Crippen molar-refractivity contribution in [3.05, 3.63) is 39.4 Å². The summed E-state index contributed by atoms with van der Waals surface area (Å²) in [5, 5.41) is 14.3. The standard InChI is InChI=1S/C11H14N2O2/c1-8-4-2-5-9(11(8)13(14)15)10-6-3-7-12-10/h2,4-5,10,12H,3,6-7H2,1H3/t10-/m0/s1. The lowest BCUT2D eigenvalue weighted by molar-refractivity contribution is -0.386. The van der Waals surface area contributed by atoms with Crippen LogP contribution in [0, 0.1) is 17.0 Å². The molecule has 1 saturated heterocycles. The highest BCUT2D eigenvalue weighted by Gasteiger charge is 2.25. The van der Waals surface area contributed by atoms with Crippen LogP contribution in [0.3, 0.4) is 0 Å². The molecule has 0 bridgehead atoms. The van der Waals surface area contributed by atoms with Gasteiger partial charge in [-0.3, -0.25) is 10.1 Å². The summed E-state index contributed by atoms with van der Waals surface area (Å²) in [6.07, 6.45) is 2.08. The molecule has 0 unspecified atom stereocenters. The van der Waals surface area contributed by atoms with Crippen LogP contribution >= 0.6 is 0 Å². The number of nitrogens with one attached hydrogen (secondary N) is 1. The van der Waals surface area contributed by atoms with Gasteiger partial charge in [0.1, 0.15) is 0 Å². The molecule has 4 heteroatoms. The molecule has 1 N–H and O–H groups in total. The van der Waals surface area contributed by atoms with Crippen LogP contribution in [0.25, 0.3) is 0 Å². The number of para-hydroxylation sites is 1. The van der Waals surface area contributed by atoms with Crippen LogP contribution in [0.15, 0.2) is 18.2 Å². The van der Waals surface area contributed by atoms with Gasteiger partial charge in [-0.2, -0.15) is 0 Å². The number of hydrogen-bond acceptors (Lipinski definition) is 3. The highest BCUT2D eigenvalue weighted by molar-refractivity contribution is 5.48. The van der Waals surface area contributed by atoms with E-state index in [1.807, 2.05) is 12.1 Å². The van der Waals surface area contributed by atoms with Crippen LogP contribution in [0.4, 0.5) is 5.69 Å². The number of nitro benzene ring substituents is 1. The summed E-state index contributed by atoms with van der Waals surface area (Å²) in [6, 6.07) is 5.69. The van der Waals surface area contributed by atoms with E-state index < -0.39 is 0 Å². The third-order valence-corrected chi connectivity index (χ3v) is 2.89. The Balaban J connectivity index is 2.45. The van der Waals surface area contributed by atoms with Gasteiger partial charge in [-0.25, -0.2) is 0 Å². The number of aryl methyl sites for hydroxylation is 1. The minimum Gasteiger partial charge on any atom is -0.310 e. The van der Waals surface area contributed by atoms with Crippen LogP contribution in [0.5, 0.6) is 0 Å². The number of rotatable bonds is 2. The average Bonchev–Trinajstić information content (AvgIpc) is 2.69. The topological polar surface area (TPSA) is 55.2 Å². The van der Waals surface area contributed by atoms with E-state index in [1.165, 1.54) is 0 Å². The zero-order chi connectivity index (χ0) is 10.8. The van der Waals surface area contributed by atoms with Gasteiger partial charge in [-0.1, -0.05) is 18.2 Å². The average molecular weight is 206 g/mol. The Morgan fingerprint density at radius 1 is 1.53 bits per heavy atom. The van der Waals surface area contributed by atoms with Gasteiger partial charge in [0.15, 0.2) is 0 Å². The molecule has 0 saturated carbocycles. The van der Waals surface area contributed by atoms with Crippen molar-refractivity contribution in [2.24, 2.45) is 0 Å². The molecule has 80 valence electrons. The lowest BCUT2D eigenvalue weighted by atomic mass is 10.0. The summed E-state index contributed by atoms with van der Waals surface area (Å²) in [7, 11) is 0. The van der Waals surface area contributed by atoms with E-state index in [0.29, 0.717) is 0 Å². The van der Waals surface area contributed by atoms with Crippen LogP contribution in [-0.2, 0) is 0 Å². The van der Waals surface area contributed by atoms with E-state index >= 15 is 0 Å². The third-order valence-electron chi connectivity index (χ3n) is 2.89. The van der Waals surface area contributed by atoms with Crippen molar-refractivity contribution in [3.63, 3.8) is 0 Å². The van der Waals surface area contributed by atoms with Crippen LogP contribution in [0.1, 0.15) is 30.0 Å². The Hall–Kier alpha value is -1.42. The van der Waals surface area contributed by atoms with Gasteiger partial charge < -0.3 is 5.32 Å². The molecule has 2 rings (SSSR count). The molecule has 1 aliphatic heterocycles. The number of hydrogen-bond donors (Lipinski definition) is 1. The minimum atomic E-state index is -0.273. The van der Waals surface area contributed by atoms with Crippen LogP contribution in [0.2, 0.25) is 0 Å². The molecule has 0 amide bonds. The second kappa shape index (κ2) is 3.98. The SMILES string of the molecule is Cc1cccc([C@@H]2CCCN2)c1[N+](=O)[O-]. The first-order valence-electron chi connectivity index (χ1n) is 5.17. The van der Waals surface area contributed by atoms with Crippen molar-refractivity contribution in [2.45, 2.75) is 25.8 Å². The second-order valence-electron chi connectivity index (χ2n) is 3.92. The molecule has 0 aliphatic carbocycles. The van der Waals surface area contributed by atoms with Crippen LogP contribution < -0.4 is 5.32 Å². The molecule has 1 atom stereocenters. The molecule has 1 aromatic carbocycles. The van der Waals surface area contributed by atoms with E-state index in [2.05, 4.69) is 5.32 Å². The van der Waals surface area contributed by atoms with Gasteiger partial charge in [-0.05, 0) is 26.3 Å². The Morgan fingerprint density at radius 2 is 2.33 bits per heavy atom. The monoisotopic (exact) mass is 206 g/mol. The highest BCUT2D eigenvalue weighted by atomic mass is 16.6. The van der Waals surface area contributed by atoms with Gasteiger partial charge in [-0.15, -0.1) is 0 Å². The maximum Gasteiger partial charge on any atom is 0.277 e. The summed E-state index contributed by atoms with van der Waals surface area (Å²) in [5.41, 5.74) is 1.85. The fourth-order valence-corrected chi connectivity index (χ4v) is 2.16. The molecule has 1 aromatic rings. The van der Waals surface area contributed by atoms with E-state index in [1.54, 1.807) is 13.0 Å². The quantitative estimate of drug-likeness (QED) is 0.596. The summed E-state index contributed by atoms with van der Waals surface area (Å²) in [5.74, 6) is 0. The Labute approximate surface area is 88.5 Å². The normalized spacial score (nSPS) is 20.5. The molecule has 1 heterocycles. The van der Waals surface area contributed by atoms with Crippen molar-refractivity contribution >= 4 is 5.69 Å². The van der Waals surface area contributed by atoms with Gasteiger partial charge >= 0.3 is 0 Å². The first-order chi connectivity index (χ1) is 7.20. The minimum absolute atomic E-state index is 0.158. The van der Waals surface area contributed by atoms with Crippen molar-refractivity contribution in [1.82, 2.24) is 5.32 Å². The number of nitrogens with zero attached hydrogens (tertiary/aromatic N) is 1. The first-order valence-corrected chi connectivity index (χ1v) is 5.17. The maximum atomic E-state index is 11.0. The molecule has 0 spiro atoms. The molecule has 15 heavy (non-hydrogen) atoms. The van der Waals surface area contributed by atoms with Crippen molar-refractivity contribution < 1.29 is 4.92 Å².